The average molecular weight is 356 g/mol. The van der Waals surface area contributed by atoms with Gasteiger partial charge in [0, 0.05) is 15.6 Å². The average Bonchev–Trinajstić information content (AvgIpc) is 3.10. The summed E-state index contributed by atoms with van der Waals surface area (Å²) in [6, 6.07) is 7.30. The number of rotatable bonds is 3. The number of aromatic nitrogens is 2. The minimum atomic E-state index is -2.83. The highest BCUT2D eigenvalue weighted by atomic mass is 16.6. The van der Waals surface area contributed by atoms with Crippen LogP contribution in [0.1, 0.15) is 41.6 Å². The highest BCUT2D eigenvalue weighted by Gasteiger charge is 2.21. The molecular weight excluding hydrogens is 326 g/mol. The molecule has 0 bridgehead atoms. The van der Waals surface area contributed by atoms with E-state index in [9.17, 15) is 4.79 Å². The normalized spacial score (nSPS) is 15.6. The zero-order valence-corrected chi connectivity index (χ0v) is 14.7. The molecule has 5 heteroatoms. The van der Waals surface area contributed by atoms with E-state index in [-0.39, 0.29) is 11.5 Å². The minimum absolute atomic E-state index is 0.0447. The van der Waals surface area contributed by atoms with Crippen LogP contribution in [0.25, 0.3) is 5.69 Å². The molecule has 3 aromatic rings. The summed E-state index contributed by atoms with van der Waals surface area (Å²) in [6.45, 7) is 2.79. The van der Waals surface area contributed by atoms with E-state index in [0.29, 0.717) is 11.4 Å². The van der Waals surface area contributed by atoms with Crippen molar-refractivity contribution < 1.29 is 19.1 Å². The molecule has 1 N–H and O–H groups in total. The van der Waals surface area contributed by atoms with Crippen molar-refractivity contribution in [2.75, 3.05) is 5.32 Å². The van der Waals surface area contributed by atoms with Crippen LogP contribution < -0.4 is 10.1 Å². The summed E-state index contributed by atoms with van der Waals surface area (Å²) in [5.41, 5.74) is -0.957. The van der Waals surface area contributed by atoms with Crippen LogP contribution in [0.15, 0.2) is 60.6 Å². The number of hydrogen-bond donors (Lipinski definition) is 1. The lowest BCUT2D eigenvalue weighted by Gasteiger charge is -2.14. The van der Waals surface area contributed by atoms with Crippen molar-refractivity contribution in [1.82, 2.24) is 9.78 Å². The summed E-state index contributed by atoms with van der Waals surface area (Å²) < 4.78 is 62.1. The molecule has 0 spiro atoms. The molecule has 0 radical (unpaired) electrons. The first-order valence-electron chi connectivity index (χ1n) is 11.5. The second-order valence-corrected chi connectivity index (χ2v) is 6.63. The third-order valence-corrected chi connectivity index (χ3v) is 3.49. The first-order valence-corrected chi connectivity index (χ1v) is 7.97. The van der Waals surface area contributed by atoms with E-state index < -0.39 is 48.1 Å². The standard InChI is InChI=1S/C21H23N3O2/c1-15-10-12-16(13-11-15)24-19(14-18(23-24)21(2,3)4)22-20(25)26-17-8-6-5-7-9-17/h5-14H,1-4H3,(H,22,25)/i1D3,10D,11D,12D,13D. The fraction of sp³-hybridized carbons (Fsp3) is 0.238. The van der Waals surface area contributed by atoms with Crippen molar-refractivity contribution in [3.05, 3.63) is 71.8 Å². The predicted octanol–water partition coefficient (Wildman–Crippen LogP) is 5.09. The largest absolute Gasteiger partial charge is 0.418 e. The van der Waals surface area contributed by atoms with Gasteiger partial charge in [0.2, 0.25) is 0 Å². The van der Waals surface area contributed by atoms with E-state index in [2.05, 4.69) is 10.4 Å². The van der Waals surface area contributed by atoms with Gasteiger partial charge >= 0.3 is 6.09 Å². The Bertz CT molecular complexity index is 1170. The van der Waals surface area contributed by atoms with Gasteiger partial charge in [-0.1, -0.05) is 56.6 Å². The van der Waals surface area contributed by atoms with E-state index in [4.69, 9.17) is 14.3 Å². The molecule has 0 unspecified atom stereocenters. The first kappa shape index (κ1) is 10.8. The summed E-state index contributed by atoms with van der Waals surface area (Å²) in [6.07, 6.45) is -0.850. The Morgan fingerprint density at radius 3 is 2.50 bits per heavy atom. The van der Waals surface area contributed by atoms with Gasteiger partial charge in [0.1, 0.15) is 11.6 Å². The van der Waals surface area contributed by atoms with Gasteiger partial charge in [-0.3, -0.25) is 5.32 Å². The molecule has 134 valence electrons. The molecule has 0 saturated carbocycles. The summed E-state index contributed by atoms with van der Waals surface area (Å²) >= 11 is 0. The topological polar surface area (TPSA) is 56.2 Å². The maximum absolute atomic E-state index is 12.5. The van der Waals surface area contributed by atoms with Gasteiger partial charge in [0.15, 0.2) is 0 Å². The minimum Gasteiger partial charge on any atom is -0.410 e. The van der Waals surface area contributed by atoms with Gasteiger partial charge in [-0.05, 0) is 31.1 Å². The van der Waals surface area contributed by atoms with Gasteiger partial charge in [0.25, 0.3) is 0 Å². The summed E-state index contributed by atoms with van der Waals surface area (Å²) in [4.78, 5) is 12.5. The van der Waals surface area contributed by atoms with E-state index in [1.807, 2.05) is 20.8 Å². The molecule has 0 aliphatic heterocycles. The van der Waals surface area contributed by atoms with Gasteiger partial charge in [0.05, 0.1) is 16.9 Å². The molecule has 0 fully saturated rings. The third kappa shape index (κ3) is 4.11. The number of ether oxygens (including phenoxy) is 1. The zero-order valence-electron chi connectivity index (χ0n) is 21.7. The number of anilines is 1. The van der Waals surface area contributed by atoms with Crippen molar-refractivity contribution in [2.45, 2.75) is 33.0 Å². The maximum atomic E-state index is 12.5. The van der Waals surface area contributed by atoms with Crippen LogP contribution in [0.5, 0.6) is 5.75 Å². The maximum Gasteiger partial charge on any atom is 0.418 e. The van der Waals surface area contributed by atoms with Crippen LogP contribution in [0.2, 0.25) is 0 Å². The van der Waals surface area contributed by atoms with Crippen molar-refractivity contribution in [3.8, 4) is 11.4 Å². The highest BCUT2D eigenvalue weighted by Crippen LogP contribution is 2.26. The van der Waals surface area contributed by atoms with Crippen molar-refractivity contribution in [3.63, 3.8) is 0 Å². The number of para-hydroxylation sites is 1. The second kappa shape index (κ2) is 7.04. The van der Waals surface area contributed by atoms with Gasteiger partial charge < -0.3 is 4.74 Å². The molecule has 26 heavy (non-hydrogen) atoms. The molecular formula is C21H23N3O2. The van der Waals surface area contributed by atoms with Crippen LogP contribution in [0.4, 0.5) is 10.6 Å². The molecule has 1 aromatic heterocycles. The Kier molecular flexibility index (Phi) is 2.93. The van der Waals surface area contributed by atoms with Gasteiger partial charge in [-0.2, -0.15) is 5.10 Å². The second-order valence-electron chi connectivity index (χ2n) is 6.63. The van der Waals surface area contributed by atoms with Crippen LogP contribution in [0.3, 0.4) is 0 Å². The lowest BCUT2D eigenvalue weighted by Crippen LogP contribution is -2.19. The Morgan fingerprint density at radius 1 is 1.19 bits per heavy atom. The Balaban J connectivity index is 2.15. The molecule has 2 aromatic carbocycles. The van der Waals surface area contributed by atoms with Crippen molar-refractivity contribution in [2.24, 2.45) is 0 Å². The van der Waals surface area contributed by atoms with Crippen molar-refractivity contribution >= 4 is 11.9 Å². The number of hydrogen-bond acceptors (Lipinski definition) is 3. The Hall–Kier alpha value is -3.08. The number of nitrogens with zero attached hydrogens (tertiary/aromatic N) is 2. The third-order valence-electron chi connectivity index (χ3n) is 3.49. The number of amides is 1. The number of carbonyl (C=O) groups is 1. The van der Waals surface area contributed by atoms with E-state index in [0.717, 1.165) is 4.68 Å². The molecule has 0 atom stereocenters. The van der Waals surface area contributed by atoms with Crippen LogP contribution in [-0.4, -0.2) is 15.9 Å². The van der Waals surface area contributed by atoms with E-state index >= 15 is 0 Å². The molecule has 1 heterocycles. The Morgan fingerprint density at radius 2 is 1.88 bits per heavy atom. The molecule has 3 rings (SSSR count). The molecule has 0 saturated heterocycles. The van der Waals surface area contributed by atoms with E-state index in [1.165, 1.54) is 6.07 Å². The van der Waals surface area contributed by atoms with E-state index in [1.54, 1.807) is 30.3 Å². The fourth-order valence-electron chi connectivity index (χ4n) is 2.14. The number of benzene rings is 2. The number of nitrogens with one attached hydrogen (secondary N) is 1. The summed E-state index contributed by atoms with van der Waals surface area (Å²) in [5.74, 6) is 0.340. The Labute approximate surface area is 163 Å². The van der Waals surface area contributed by atoms with Crippen LogP contribution >= 0.6 is 0 Å². The van der Waals surface area contributed by atoms with Crippen molar-refractivity contribution in [1.29, 1.82) is 0 Å². The smallest absolute Gasteiger partial charge is 0.410 e. The first-order chi connectivity index (χ1) is 15.2. The summed E-state index contributed by atoms with van der Waals surface area (Å²) in [7, 11) is 0. The predicted molar refractivity (Wildman–Crippen MR) is 103 cm³/mol. The highest BCUT2D eigenvalue weighted by molar-refractivity contribution is 5.85. The lowest BCUT2D eigenvalue weighted by molar-refractivity contribution is 0.215. The monoisotopic (exact) mass is 356 g/mol. The SMILES string of the molecule is [2H]c1c([2H])c(C([2H])([2H])[2H])c([2H])c([2H])c1-n1nc(C(C)(C)C)cc1NC(=O)Oc1ccccc1. The molecule has 0 aliphatic carbocycles. The molecule has 0 aliphatic rings. The van der Waals surface area contributed by atoms with Crippen LogP contribution in [0, 0.1) is 6.85 Å². The zero-order chi connectivity index (χ0) is 24.7. The van der Waals surface area contributed by atoms with Gasteiger partial charge in [-0.25, -0.2) is 9.48 Å². The number of carbonyl (C=O) groups excluding carboxylic acids is 1. The fourth-order valence-corrected chi connectivity index (χ4v) is 2.14. The molecule has 5 nitrogen and oxygen atoms in total. The quantitative estimate of drug-likeness (QED) is 0.711. The lowest BCUT2D eigenvalue weighted by atomic mass is 9.92. The van der Waals surface area contributed by atoms with Gasteiger partial charge in [-0.15, -0.1) is 0 Å². The van der Waals surface area contributed by atoms with Crippen LogP contribution in [-0.2, 0) is 5.41 Å². The molecule has 1 amide bonds. The summed E-state index contributed by atoms with van der Waals surface area (Å²) in [5, 5.41) is 6.93.